The number of benzene rings is 2. The summed E-state index contributed by atoms with van der Waals surface area (Å²) < 4.78 is 10.8. The maximum Gasteiger partial charge on any atom is 0.257 e. The predicted octanol–water partition coefficient (Wildman–Crippen LogP) is 3.33. The molecule has 1 heterocycles. The molecule has 2 aliphatic carbocycles. The van der Waals surface area contributed by atoms with Crippen molar-refractivity contribution in [2.75, 3.05) is 27.3 Å². The third-order valence-electron chi connectivity index (χ3n) is 7.89. The Morgan fingerprint density at radius 1 is 1.03 bits per heavy atom. The van der Waals surface area contributed by atoms with Crippen LogP contribution in [0.2, 0.25) is 0 Å². The summed E-state index contributed by atoms with van der Waals surface area (Å²) in [7, 11) is 3.33. The molecule has 1 amide bonds. The van der Waals surface area contributed by atoms with Crippen LogP contribution in [0.15, 0.2) is 48.5 Å². The fourth-order valence-electron chi connectivity index (χ4n) is 6.02. The smallest absolute Gasteiger partial charge is 0.257 e. The Labute approximate surface area is 195 Å². The van der Waals surface area contributed by atoms with Crippen LogP contribution in [-0.4, -0.2) is 49.3 Å². The van der Waals surface area contributed by atoms with E-state index in [2.05, 4.69) is 10.2 Å². The van der Waals surface area contributed by atoms with Crippen molar-refractivity contribution in [3.05, 3.63) is 59.7 Å². The monoisotopic (exact) mass is 450 g/mol. The highest BCUT2D eigenvalue weighted by atomic mass is 16.5. The average Bonchev–Trinajstić information content (AvgIpc) is 3.26. The minimum atomic E-state index is -1.44. The lowest BCUT2D eigenvalue weighted by Gasteiger charge is -2.33. The molecule has 33 heavy (non-hydrogen) atoms. The summed E-state index contributed by atoms with van der Waals surface area (Å²) in [5.41, 5.74) is 0.437. The zero-order chi connectivity index (χ0) is 23.0. The van der Waals surface area contributed by atoms with Crippen molar-refractivity contribution in [2.45, 2.75) is 43.9 Å². The van der Waals surface area contributed by atoms with Crippen molar-refractivity contribution in [3.8, 4) is 11.5 Å². The molecule has 2 aromatic carbocycles. The lowest BCUT2D eigenvalue weighted by atomic mass is 9.79. The van der Waals surface area contributed by atoms with Crippen LogP contribution in [0, 0.1) is 17.8 Å². The normalized spacial score (nSPS) is 26.5. The van der Waals surface area contributed by atoms with Crippen LogP contribution in [0.25, 0.3) is 0 Å². The number of ether oxygens (including phenoxy) is 2. The molecule has 5 rings (SSSR count). The van der Waals surface area contributed by atoms with Gasteiger partial charge < -0.3 is 19.9 Å². The molecule has 2 saturated carbocycles. The van der Waals surface area contributed by atoms with Gasteiger partial charge in [-0.1, -0.05) is 43.2 Å². The molecule has 3 fully saturated rings. The molecule has 2 N–H and O–H groups in total. The van der Waals surface area contributed by atoms with Gasteiger partial charge in [-0.2, -0.15) is 0 Å². The van der Waals surface area contributed by atoms with E-state index in [0.717, 1.165) is 62.4 Å². The maximum atomic E-state index is 13.4. The number of likely N-dealkylation sites (tertiary alicyclic amines) is 1. The third-order valence-corrected chi connectivity index (χ3v) is 7.89. The maximum absolute atomic E-state index is 13.4. The number of nitrogens with one attached hydrogen (secondary N) is 1. The summed E-state index contributed by atoms with van der Waals surface area (Å²) in [5, 5.41) is 14.9. The van der Waals surface area contributed by atoms with Gasteiger partial charge in [0.25, 0.3) is 5.91 Å². The quantitative estimate of drug-likeness (QED) is 0.646. The number of nitrogens with zero attached hydrogens (tertiary/aromatic N) is 1. The molecule has 6 nitrogen and oxygen atoms in total. The largest absolute Gasteiger partial charge is 0.497 e. The fraction of sp³-hybridized carbons (Fsp3) is 0.519. The molecule has 1 aliphatic heterocycles. The van der Waals surface area contributed by atoms with Crippen molar-refractivity contribution in [2.24, 2.45) is 17.8 Å². The van der Waals surface area contributed by atoms with Crippen LogP contribution >= 0.6 is 0 Å². The second kappa shape index (κ2) is 8.99. The van der Waals surface area contributed by atoms with E-state index in [0.29, 0.717) is 17.4 Å². The zero-order valence-electron chi connectivity index (χ0n) is 19.5. The number of amides is 1. The van der Waals surface area contributed by atoms with E-state index in [-0.39, 0.29) is 17.9 Å². The number of hydrogen-bond donors (Lipinski definition) is 2. The number of hydrogen-bond acceptors (Lipinski definition) is 5. The van der Waals surface area contributed by atoms with Gasteiger partial charge >= 0.3 is 0 Å². The SMILES string of the molecule is COc1cc(CN2CC3C(NC(=O)C(O)(c4ccccc4)C4CCCC4)[C@H]3C2)cc(OC)c1. The number of carbonyl (C=O) groups is 1. The molecule has 176 valence electrons. The van der Waals surface area contributed by atoms with Gasteiger partial charge in [-0.3, -0.25) is 9.69 Å². The minimum absolute atomic E-state index is 0.0157. The van der Waals surface area contributed by atoms with Gasteiger partial charge in [-0.15, -0.1) is 0 Å². The molecule has 3 aliphatic rings. The molecule has 0 aromatic heterocycles. The lowest BCUT2D eigenvalue weighted by Crippen LogP contribution is -2.50. The van der Waals surface area contributed by atoms with Crippen molar-refractivity contribution in [3.63, 3.8) is 0 Å². The molecule has 3 unspecified atom stereocenters. The highest BCUT2D eigenvalue weighted by Gasteiger charge is 2.58. The highest BCUT2D eigenvalue weighted by molar-refractivity contribution is 5.87. The summed E-state index contributed by atoms with van der Waals surface area (Å²) in [4.78, 5) is 15.9. The number of rotatable bonds is 8. The first kappa shape index (κ1) is 22.2. The molecule has 1 saturated heterocycles. The van der Waals surface area contributed by atoms with Crippen LogP contribution in [0.5, 0.6) is 11.5 Å². The first-order valence-electron chi connectivity index (χ1n) is 12.1. The Kier molecular flexibility index (Phi) is 6.06. The lowest BCUT2D eigenvalue weighted by molar-refractivity contribution is -0.147. The van der Waals surface area contributed by atoms with Gasteiger partial charge in [-0.05, 0) is 47.9 Å². The van der Waals surface area contributed by atoms with Crippen molar-refractivity contribution >= 4 is 5.91 Å². The van der Waals surface area contributed by atoms with E-state index in [1.807, 2.05) is 48.5 Å². The van der Waals surface area contributed by atoms with Gasteiger partial charge in [-0.25, -0.2) is 0 Å². The molecule has 0 bridgehead atoms. The van der Waals surface area contributed by atoms with Crippen LogP contribution < -0.4 is 14.8 Å². The fourth-order valence-corrected chi connectivity index (χ4v) is 6.02. The molecule has 0 radical (unpaired) electrons. The highest BCUT2D eigenvalue weighted by Crippen LogP contribution is 2.47. The first-order chi connectivity index (χ1) is 16.0. The first-order valence-corrected chi connectivity index (χ1v) is 12.1. The standard InChI is InChI=1S/C27H34N2O4/c1-32-21-12-18(13-22(14-21)33-2)15-29-16-23-24(17-29)25(23)28-26(30)27(31,20-10-6-7-11-20)19-8-4-3-5-9-19/h3-5,8-9,12-14,20,23-25,31H,6-7,10-11,15-17H2,1-2H3,(H,28,30)/t23-,24?,25?,27?/m0/s1. The summed E-state index contributed by atoms with van der Waals surface area (Å²) in [6.45, 7) is 2.72. The molecular weight excluding hydrogens is 416 g/mol. The number of piperidine rings is 1. The van der Waals surface area contributed by atoms with Gasteiger partial charge in [0.2, 0.25) is 0 Å². The minimum Gasteiger partial charge on any atom is -0.497 e. The van der Waals surface area contributed by atoms with Crippen molar-refractivity contribution in [1.82, 2.24) is 10.2 Å². The molecule has 6 heteroatoms. The van der Waals surface area contributed by atoms with Gasteiger partial charge in [0.05, 0.1) is 14.2 Å². The van der Waals surface area contributed by atoms with Crippen molar-refractivity contribution in [1.29, 1.82) is 0 Å². The van der Waals surface area contributed by atoms with Gasteiger partial charge in [0.1, 0.15) is 11.5 Å². The van der Waals surface area contributed by atoms with E-state index in [9.17, 15) is 9.90 Å². The summed E-state index contributed by atoms with van der Waals surface area (Å²) in [6, 6.07) is 15.6. The van der Waals surface area contributed by atoms with Gasteiger partial charge in [0, 0.05) is 37.7 Å². The number of methoxy groups -OCH3 is 2. The Morgan fingerprint density at radius 3 is 2.21 bits per heavy atom. The predicted molar refractivity (Wildman–Crippen MR) is 126 cm³/mol. The van der Waals surface area contributed by atoms with Crippen LogP contribution in [0.3, 0.4) is 0 Å². The van der Waals surface area contributed by atoms with E-state index in [4.69, 9.17) is 9.47 Å². The summed E-state index contributed by atoms with van der Waals surface area (Å²) in [5.74, 6) is 2.26. The zero-order valence-corrected chi connectivity index (χ0v) is 19.5. The average molecular weight is 451 g/mol. The van der Waals surface area contributed by atoms with Crippen LogP contribution in [-0.2, 0) is 16.9 Å². The van der Waals surface area contributed by atoms with E-state index >= 15 is 0 Å². The second-order valence-corrected chi connectivity index (χ2v) is 9.86. The number of fused-ring (bicyclic) bond motifs is 1. The third kappa shape index (κ3) is 4.22. The Balaban J connectivity index is 1.22. The van der Waals surface area contributed by atoms with E-state index < -0.39 is 5.60 Å². The molecule has 2 aromatic rings. The van der Waals surface area contributed by atoms with Crippen LogP contribution in [0.1, 0.15) is 36.8 Å². The van der Waals surface area contributed by atoms with Crippen LogP contribution in [0.4, 0.5) is 0 Å². The molecular formula is C27H34N2O4. The number of aliphatic hydroxyl groups is 1. The summed E-state index contributed by atoms with van der Waals surface area (Å²) in [6.07, 6.45) is 3.94. The van der Waals surface area contributed by atoms with E-state index in [1.165, 1.54) is 0 Å². The van der Waals surface area contributed by atoms with Gasteiger partial charge in [0.15, 0.2) is 5.60 Å². The summed E-state index contributed by atoms with van der Waals surface area (Å²) >= 11 is 0. The second-order valence-electron chi connectivity index (χ2n) is 9.86. The number of carbonyl (C=O) groups excluding carboxylic acids is 1. The molecule has 4 atom stereocenters. The topological polar surface area (TPSA) is 71.0 Å². The van der Waals surface area contributed by atoms with Crippen molar-refractivity contribution < 1.29 is 19.4 Å². The Morgan fingerprint density at radius 2 is 1.64 bits per heavy atom. The Hall–Kier alpha value is -2.57. The van der Waals surface area contributed by atoms with E-state index in [1.54, 1.807) is 14.2 Å². The molecule has 0 spiro atoms. The Bertz CT molecular complexity index is 957.